The van der Waals surface area contributed by atoms with Gasteiger partial charge < -0.3 is 14.8 Å². The Hall–Kier alpha value is -2.49. The number of nitrogens with one attached hydrogen (secondary N) is 1. The zero-order chi connectivity index (χ0) is 18.4. The second kappa shape index (κ2) is 8.56. The highest BCUT2D eigenvalue weighted by Crippen LogP contribution is 2.20. The Morgan fingerprint density at radius 3 is 2.52 bits per heavy atom. The first kappa shape index (κ1) is 18.8. The Kier molecular flexibility index (Phi) is 6.45. The third-order valence-corrected chi connectivity index (χ3v) is 4.37. The van der Waals surface area contributed by atoms with Gasteiger partial charge in [0.2, 0.25) is 0 Å². The smallest absolute Gasteiger partial charge is 0.260 e. The molecule has 1 unspecified atom stereocenters. The lowest BCUT2D eigenvalue weighted by molar-refractivity contribution is -0.127. The Labute approximate surface area is 150 Å². The van der Waals surface area contributed by atoms with E-state index >= 15 is 0 Å². The van der Waals surface area contributed by atoms with Crippen molar-refractivity contribution < 1.29 is 14.3 Å². The van der Waals surface area contributed by atoms with E-state index in [1.165, 1.54) is 11.1 Å². The molecule has 0 saturated carbocycles. The maximum Gasteiger partial charge on any atom is 0.260 e. The normalized spacial score (nSPS) is 11.7. The molecule has 0 bridgehead atoms. The van der Waals surface area contributed by atoms with Crippen LogP contribution < -0.4 is 14.8 Å². The van der Waals surface area contributed by atoms with Crippen molar-refractivity contribution in [1.29, 1.82) is 0 Å². The number of aryl methyl sites for hydroxylation is 3. The third-order valence-electron chi connectivity index (χ3n) is 4.37. The van der Waals surface area contributed by atoms with E-state index in [0.29, 0.717) is 18.9 Å². The number of ether oxygens (including phenoxy) is 2. The zero-order valence-electron chi connectivity index (χ0n) is 15.7. The van der Waals surface area contributed by atoms with Gasteiger partial charge in [0.25, 0.3) is 5.91 Å². The summed E-state index contributed by atoms with van der Waals surface area (Å²) in [4.78, 5) is 12.1. The highest BCUT2D eigenvalue weighted by atomic mass is 16.5. The van der Waals surface area contributed by atoms with Crippen molar-refractivity contribution in [3.63, 3.8) is 0 Å². The molecule has 4 heteroatoms. The van der Waals surface area contributed by atoms with E-state index in [-0.39, 0.29) is 5.91 Å². The number of amides is 1. The van der Waals surface area contributed by atoms with Crippen molar-refractivity contribution in [3.05, 3.63) is 58.7 Å². The molecule has 134 valence electrons. The summed E-state index contributed by atoms with van der Waals surface area (Å²) in [6.07, 6.45) is -0.553. The minimum absolute atomic E-state index is 0.150. The van der Waals surface area contributed by atoms with Gasteiger partial charge in [0.15, 0.2) is 6.10 Å². The lowest BCUT2D eigenvalue weighted by atomic mass is 10.1. The van der Waals surface area contributed by atoms with Crippen molar-refractivity contribution >= 4 is 5.91 Å². The van der Waals surface area contributed by atoms with Crippen LogP contribution in [0.1, 0.15) is 29.2 Å². The summed E-state index contributed by atoms with van der Waals surface area (Å²) in [5.41, 5.74) is 4.66. The van der Waals surface area contributed by atoms with Crippen LogP contribution >= 0.6 is 0 Å². The molecule has 0 aliphatic heterocycles. The fourth-order valence-electron chi connectivity index (χ4n) is 2.40. The largest absolute Gasteiger partial charge is 0.491 e. The molecule has 0 heterocycles. The summed E-state index contributed by atoms with van der Waals surface area (Å²) in [5.74, 6) is 1.41. The molecular formula is C21H27NO3. The predicted molar refractivity (Wildman–Crippen MR) is 100 cm³/mol. The monoisotopic (exact) mass is 341 g/mol. The lowest BCUT2D eigenvalue weighted by Crippen LogP contribution is -2.38. The third kappa shape index (κ3) is 5.24. The molecule has 25 heavy (non-hydrogen) atoms. The summed E-state index contributed by atoms with van der Waals surface area (Å²) < 4.78 is 11.4. The molecule has 1 atom stereocenters. The highest BCUT2D eigenvalue weighted by molar-refractivity contribution is 5.80. The second-order valence-corrected chi connectivity index (χ2v) is 6.34. The standard InChI is InChI=1S/C21H27NO3/c1-14-9-10-19(13-16(14)3)25-18(5)21(23)22-11-12-24-20-8-6-7-15(2)17(20)4/h6-10,13,18H,11-12H2,1-5H3,(H,22,23). The summed E-state index contributed by atoms with van der Waals surface area (Å²) in [6, 6.07) is 11.8. The van der Waals surface area contributed by atoms with Crippen molar-refractivity contribution in [1.82, 2.24) is 5.32 Å². The maximum absolute atomic E-state index is 12.1. The molecule has 1 N–H and O–H groups in total. The average molecular weight is 341 g/mol. The maximum atomic E-state index is 12.1. The summed E-state index contributed by atoms with van der Waals surface area (Å²) in [5, 5.41) is 2.84. The molecule has 2 aromatic rings. The van der Waals surface area contributed by atoms with Crippen LogP contribution in [0.3, 0.4) is 0 Å². The first-order valence-corrected chi connectivity index (χ1v) is 8.59. The molecule has 2 rings (SSSR count). The van der Waals surface area contributed by atoms with Crippen molar-refractivity contribution in [2.75, 3.05) is 13.2 Å². The first-order chi connectivity index (χ1) is 11.9. The van der Waals surface area contributed by atoms with Gasteiger partial charge in [-0.25, -0.2) is 0 Å². The Bertz CT molecular complexity index is 740. The van der Waals surface area contributed by atoms with Gasteiger partial charge >= 0.3 is 0 Å². The van der Waals surface area contributed by atoms with Crippen LogP contribution in [0.25, 0.3) is 0 Å². The van der Waals surface area contributed by atoms with E-state index in [2.05, 4.69) is 18.3 Å². The van der Waals surface area contributed by atoms with Crippen molar-refractivity contribution in [2.45, 2.75) is 40.7 Å². The quantitative estimate of drug-likeness (QED) is 0.778. The van der Waals surface area contributed by atoms with Crippen molar-refractivity contribution in [3.8, 4) is 11.5 Å². The van der Waals surface area contributed by atoms with E-state index in [4.69, 9.17) is 9.47 Å². The van der Waals surface area contributed by atoms with Gasteiger partial charge in [0, 0.05) is 0 Å². The van der Waals surface area contributed by atoms with E-state index < -0.39 is 6.10 Å². The summed E-state index contributed by atoms with van der Waals surface area (Å²) in [6.45, 7) is 10.8. The van der Waals surface area contributed by atoms with Gasteiger partial charge in [-0.1, -0.05) is 18.2 Å². The molecule has 0 aliphatic carbocycles. The first-order valence-electron chi connectivity index (χ1n) is 8.59. The van der Waals surface area contributed by atoms with Gasteiger partial charge in [-0.05, 0) is 75.1 Å². The summed E-state index contributed by atoms with van der Waals surface area (Å²) >= 11 is 0. The van der Waals surface area contributed by atoms with Crippen LogP contribution in [0.15, 0.2) is 36.4 Å². The van der Waals surface area contributed by atoms with E-state index in [0.717, 1.165) is 16.9 Å². The fraction of sp³-hybridized carbons (Fsp3) is 0.381. The molecule has 0 saturated heterocycles. The van der Waals surface area contributed by atoms with E-state index in [1.54, 1.807) is 6.92 Å². The van der Waals surface area contributed by atoms with Crippen LogP contribution in [0.5, 0.6) is 11.5 Å². The van der Waals surface area contributed by atoms with Crippen molar-refractivity contribution in [2.24, 2.45) is 0 Å². The topological polar surface area (TPSA) is 47.6 Å². The minimum Gasteiger partial charge on any atom is -0.491 e. The van der Waals surface area contributed by atoms with Gasteiger partial charge in [0.1, 0.15) is 18.1 Å². The molecule has 0 aliphatic rings. The minimum atomic E-state index is -0.553. The van der Waals surface area contributed by atoms with Crippen LogP contribution in [-0.4, -0.2) is 25.2 Å². The van der Waals surface area contributed by atoms with Crippen LogP contribution in [0, 0.1) is 27.7 Å². The number of rotatable bonds is 7. The number of benzene rings is 2. The Balaban J connectivity index is 1.77. The van der Waals surface area contributed by atoms with Crippen LogP contribution in [-0.2, 0) is 4.79 Å². The highest BCUT2D eigenvalue weighted by Gasteiger charge is 2.14. The molecule has 1 amide bonds. The number of hydrogen-bond donors (Lipinski definition) is 1. The SMILES string of the molecule is Cc1ccc(OC(C)C(=O)NCCOc2cccc(C)c2C)cc1C. The van der Waals surface area contributed by atoms with E-state index in [1.807, 2.05) is 51.1 Å². The predicted octanol–water partition coefficient (Wildman–Crippen LogP) is 3.88. The molecule has 4 nitrogen and oxygen atoms in total. The van der Waals surface area contributed by atoms with E-state index in [9.17, 15) is 4.79 Å². The molecule has 0 spiro atoms. The zero-order valence-corrected chi connectivity index (χ0v) is 15.7. The van der Waals surface area contributed by atoms with Gasteiger partial charge in [0.05, 0.1) is 6.54 Å². The molecule has 0 aromatic heterocycles. The number of carbonyl (C=O) groups is 1. The average Bonchev–Trinajstić information content (AvgIpc) is 2.58. The van der Waals surface area contributed by atoms with Gasteiger partial charge in [-0.3, -0.25) is 4.79 Å². The fourth-order valence-corrected chi connectivity index (χ4v) is 2.40. The molecule has 0 fully saturated rings. The van der Waals surface area contributed by atoms with Crippen LogP contribution in [0.4, 0.5) is 0 Å². The lowest BCUT2D eigenvalue weighted by Gasteiger charge is -2.16. The molecule has 2 aromatic carbocycles. The second-order valence-electron chi connectivity index (χ2n) is 6.34. The Morgan fingerprint density at radius 2 is 1.80 bits per heavy atom. The Morgan fingerprint density at radius 1 is 1.04 bits per heavy atom. The number of carbonyl (C=O) groups excluding carboxylic acids is 1. The van der Waals surface area contributed by atoms with Gasteiger partial charge in [-0.2, -0.15) is 0 Å². The molecule has 0 radical (unpaired) electrons. The van der Waals surface area contributed by atoms with Gasteiger partial charge in [-0.15, -0.1) is 0 Å². The summed E-state index contributed by atoms with van der Waals surface area (Å²) in [7, 11) is 0. The van der Waals surface area contributed by atoms with Crippen LogP contribution in [0.2, 0.25) is 0 Å². The molecular weight excluding hydrogens is 314 g/mol. The number of hydrogen-bond acceptors (Lipinski definition) is 3.